The van der Waals surface area contributed by atoms with E-state index in [4.69, 9.17) is 0 Å². The predicted molar refractivity (Wildman–Crippen MR) is 76.0 cm³/mol. The van der Waals surface area contributed by atoms with Crippen LogP contribution < -0.4 is 5.32 Å². The minimum absolute atomic E-state index is 0. The van der Waals surface area contributed by atoms with Gasteiger partial charge in [-0.3, -0.25) is 4.79 Å². The highest BCUT2D eigenvalue weighted by atomic mass is 35.5. The normalized spacial score (nSPS) is 27.6. The zero-order valence-electron chi connectivity index (χ0n) is 10.7. The first-order valence-corrected chi connectivity index (χ1v) is 7.18. The summed E-state index contributed by atoms with van der Waals surface area (Å²) in [5.74, 6) is 2.02. The lowest BCUT2D eigenvalue weighted by molar-refractivity contribution is -0.132. The third-order valence-electron chi connectivity index (χ3n) is 3.40. The van der Waals surface area contributed by atoms with Crippen molar-refractivity contribution in [2.24, 2.45) is 5.92 Å². The molecule has 2 fully saturated rings. The first-order chi connectivity index (χ1) is 7.57. The summed E-state index contributed by atoms with van der Waals surface area (Å²) in [5, 5.41) is 3.32. The second-order valence-corrected chi connectivity index (χ2v) is 7.29. The summed E-state index contributed by atoms with van der Waals surface area (Å²) in [4.78, 5) is 14.2. The van der Waals surface area contributed by atoms with Crippen LogP contribution in [0.15, 0.2) is 0 Å². The van der Waals surface area contributed by atoms with Gasteiger partial charge in [0.05, 0.1) is 0 Å². The van der Waals surface area contributed by atoms with Crippen LogP contribution in [0, 0.1) is 5.92 Å². The van der Waals surface area contributed by atoms with Gasteiger partial charge in [0.2, 0.25) is 5.91 Å². The summed E-state index contributed by atoms with van der Waals surface area (Å²) in [5.41, 5.74) is 0. The van der Waals surface area contributed by atoms with Gasteiger partial charge in [0.15, 0.2) is 0 Å². The number of rotatable bonds is 2. The average Bonchev–Trinajstić information content (AvgIpc) is 2.69. The molecule has 17 heavy (non-hydrogen) atoms. The van der Waals surface area contributed by atoms with E-state index in [-0.39, 0.29) is 17.2 Å². The van der Waals surface area contributed by atoms with Gasteiger partial charge < -0.3 is 10.2 Å². The number of carbonyl (C=O) groups excluding carboxylic acids is 1. The van der Waals surface area contributed by atoms with Gasteiger partial charge >= 0.3 is 0 Å². The number of nitrogens with zero attached hydrogens (tertiary/aromatic N) is 1. The van der Waals surface area contributed by atoms with Gasteiger partial charge in [-0.2, -0.15) is 11.8 Å². The summed E-state index contributed by atoms with van der Waals surface area (Å²) in [7, 11) is 0. The van der Waals surface area contributed by atoms with Gasteiger partial charge in [-0.25, -0.2) is 0 Å². The molecule has 2 aliphatic rings. The van der Waals surface area contributed by atoms with Gasteiger partial charge in [0, 0.05) is 30.0 Å². The lowest BCUT2D eigenvalue weighted by atomic mass is 10.0. The van der Waals surface area contributed by atoms with E-state index in [1.165, 1.54) is 0 Å². The van der Waals surface area contributed by atoms with E-state index in [9.17, 15) is 4.79 Å². The summed E-state index contributed by atoms with van der Waals surface area (Å²) < 4.78 is 0.238. The van der Waals surface area contributed by atoms with Gasteiger partial charge in [0.1, 0.15) is 0 Å². The highest BCUT2D eigenvalue weighted by Gasteiger charge is 2.30. The number of thioether (sulfide) groups is 1. The van der Waals surface area contributed by atoms with Crippen molar-refractivity contribution in [3.05, 3.63) is 0 Å². The Bertz CT molecular complexity index is 267. The van der Waals surface area contributed by atoms with Gasteiger partial charge in [0.25, 0.3) is 0 Å². The Morgan fingerprint density at radius 1 is 1.53 bits per heavy atom. The zero-order chi connectivity index (χ0) is 11.6. The number of carbonyl (C=O) groups is 1. The van der Waals surface area contributed by atoms with Crippen LogP contribution in [0.4, 0.5) is 0 Å². The second-order valence-electron chi connectivity index (χ2n) is 5.49. The maximum atomic E-state index is 12.1. The van der Waals surface area contributed by atoms with E-state index in [0.717, 1.165) is 44.8 Å². The van der Waals surface area contributed by atoms with Crippen LogP contribution in [0.5, 0.6) is 0 Å². The maximum absolute atomic E-state index is 12.1. The molecule has 0 saturated carbocycles. The Hall–Kier alpha value is 0.0700. The number of amides is 1. The van der Waals surface area contributed by atoms with E-state index < -0.39 is 0 Å². The molecule has 5 heteroatoms. The van der Waals surface area contributed by atoms with Crippen LogP contribution in [0.1, 0.15) is 26.7 Å². The van der Waals surface area contributed by atoms with Crippen molar-refractivity contribution in [2.75, 3.05) is 31.9 Å². The molecule has 0 aromatic carbocycles. The topological polar surface area (TPSA) is 32.3 Å². The minimum atomic E-state index is 0. The highest BCUT2D eigenvalue weighted by molar-refractivity contribution is 8.00. The lowest BCUT2D eigenvalue weighted by Crippen LogP contribution is -2.46. The molecule has 0 bridgehead atoms. The van der Waals surface area contributed by atoms with Crippen LogP contribution >= 0.6 is 24.2 Å². The van der Waals surface area contributed by atoms with Gasteiger partial charge in [-0.05, 0) is 39.3 Å². The Kier molecular flexibility index (Phi) is 5.61. The molecule has 2 saturated heterocycles. The molecule has 0 radical (unpaired) electrons. The van der Waals surface area contributed by atoms with Crippen molar-refractivity contribution < 1.29 is 4.79 Å². The Morgan fingerprint density at radius 2 is 2.29 bits per heavy atom. The largest absolute Gasteiger partial charge is 0.340 e. The van der Waals surface area contributed by atoms with Gasteiger partial charge in [-0.1, -0.05) is 0 Å². The highest BCUT2D eigenvalue weighted by Crippen LogP contribution is 2.30. The van der Waals surface area contributed by atoms with Crippen molar-refractivity contribution in [3.8, 4) is 0 Å². The van der Waals surface area contributed by atoms with Crippen LogP contribution in [0.3, 0.4) is 0 Å². The minimum Gasteiger partial charge on any atom is -0.340 e. The molecule has 1 amide bonds. The van der Waals surface area contributed by atoms with E-state index >= 15 is 0 Å². The van der Waals surface area contributed by atoms with E-state index in [2.05, 4.69) is 24.1 Å². The first-order valence-electron chi connectivity index (χ1n) is 6.19. The third-order valence-corrected chi connectivity index (χ3v) is 4.70. The fourth-order valence-corrected chi connectivity index (χ4v) is 3.61. The molecular formula is C12H23ClN2OS. The predicted octanol–water partition coefficient (Wildman–Crippen LogP) is 1.76. The molecule has 2 heterocycles. The summed E-state index contributed by atoms with van der Waals surface area (Å²) >= 11 is 1.98. The Morgan fingerprint density at radius 3 is 2.88 bits per heavy atom. The molecule has 0 spiro atoms. The molecule has 1 unspecified atom stereocenters. The fraction of sp³-hybridized carbons (Fsp3) is 0.917. The summed E-state index contributed by atoms with van der Waals surface area (Å²) in [6, 6.07) is 0. The van der Waals surface area contributed by atoms with Crippen LogP contribution in [-0.4, -0.2) is 47.5 Å². The second kappa shape index (κ2) is 6.30. The van der Waals surface area contributed by atoms with E-state index in [0.29, 0.717) is 11.8 Å². The quantitative estimate of drug-likeness (QED) is 0.835. The Labute approximate surface area is 114 Å². The average molecular weight is 279 g/mol. The molecule has 3 nitrogen and oxygen atoms in total. The molecule has 0 aromatic rings. The first kappa shape index (κ1) is 15.1. The van der Waals surface area contributed by atoms with E-state index in [1.54, 1.807) is 0 Å². The van der Waals surface area contributed by atoms with Crippen molar-refractivity contribution in [1.29, 1.82) is 0 Å². The maximum Gasteiger partial charge on any atom is 0.222 e. The molecule has 0 aromatic heterocycles. The molecule has 100 valence electrons. The van der Waals surface area contributed by atoms with Crippen molar-refractivity contribution in [2.45, 2.75) is 31.4 Å². The van der Waals surface area contributed by atoms with Crippen LogP contribution in [-0.2, 0) is 4.79 Å². The SMILES string of the molecule is CC1(C)CN(C(=O)CC2CCNC2)CCS1.Cl. The fourth-order valence-electron chi connectivity index (χ4n) is 2.49. The standard InChI is InChI=1S/C12H22N2OS.ClH/c1-12(2)9-14(5-6-16-12)11(15)7-10-3-4-13-8-10;/h10,13H,3-9H2,1-2H3;1H. The molecule has 2 rings (SSSR count). The molecule has 2 aliphatic heterocycles. The van der Waals surface area contributed by atoms with Crippen LogP contribution in [0.2, 0.25) is 0 Å². The van der Waals surface area contributed by atoms with Crippen molar-refractivity contribution in [1.82, 2.24) is 10.2 Å². The Balaban J connectivity index is 0.00000144. The lowest BCUT2D eigenvalue weighted by Gasteiger charge is -2.38. The number of halogens is 1. The molecule has 0 aliphatic carbocycles. The number of hydrogen-bond acceptors (Lipinski definition) is 3. The van der Waals surface area contributed by atoms with Gasteiger partial charge in [-0.15, -0.1) is 12.4 Å². The molecule has 1 atom stereocenters. The summed E-state index contributed by atoms with van der Waals surface area (Å²) in [6.45, 7) is 8.42. The van der Waals surface area contributed by atoms with Crippen molar-refractivity contribution >= 4 is 30.1 Å². The van der Waals surface area contributed by atoms with Crippen LogP contribution in [0.25, 0.3) is 0 Å². The molecular weight excluding hydrogens is 256 g/mol. The number of hydrogen-bond donors (Lipinski definition) is 1. The van der Waals surface area contributed by atoms with E-state index in [1.807, 2.05) is 11.8 Å². The monoisotopic (exact) mass is 278 g/mol. The zero-order valence-corrected chi connectivity index (χ0v) is 12.3. The third kappa shape index (κ3) is 4.34. The summed E-state index contributed by atoms with van der Waals surface area (Å²) in [6.07, 6.45) is 1.91. The molecule has 1 N–H and O–H groups in total. The number of nitrogens with one attached hydrogen (secondary N) is 1. The smallest absolute Gasteiger partial charge is 0.222 e. The van der Waals surface area contributed by atoms with Crippen molar-refractivity contribution in [3.63, 3.8) is 0 Å².